The van der Waals surface area contributed by atoms with Crippen molar-refractivity contribution in [3.63, 3.8) is 0 Å². The second-order valence-electron chi connectivity index (χ2n) is 6.85. The highest BCUT2D eigenvalue weighted by Crippen LogP contribution is 2.28. The summed E-state index contributed by atoms with van der Waals surface area (Å²) >= 11 is 0. The van der Waals surface area contributed by atoms with Crippen molar-refractivity contribution in [2.45, 2.75) is 32.7 Å². The maximum absolute atomic E-state index is 13.1. The van der Waals surface area contributed by atoms with E-state index in [2.05, 4.69) is 27.5 Å². The smallest absolute Gasteiger partial charge is 0.252 e. The number of para-hydroxylation sites is 1. The number of nitrogen functional groups attached to an aromatic ring is 1. The minimum atomic E-state index is -0.236. The molecule has 0 saturated heterocycles. The molecule has 0 unspecified atom stereocenters. The number of unbranched alkanes of at least 4 members (excludes halogenated alkanes) is 1. The molecule has 152 valence electrons. The van der Waals surface area contributed by atoms with Gasteiger partial charge in [-0.25, -0.2) is 4.98 Å². The third-order valence-electron chi connectivity index (χ3n) is 4.76. The van der Waals surface area contributed by atoms with Gasteiger partial charge in [0.05, 0.1) is 29.6 Å². The molecule has 0 aliphatic carbocycles. The normalized spacial score (nSPS) is 11.8. The van der Waals surface area contributed by atoms with Gasteiger partial charge >= 0.3 is 0 Å². The van der Waals surface area contributed by atoms with E-state index in [1.54, 1.807) is 19.2 Å². The van der Waals surface area contributed by atoms with Crippen LogP contribution in [-0.4, -0.2) is 29.5 Å². The fraction of sp³-hybridized carbons (Fsp3) is 0.318. The second kappa shape index (κ2) is 9.23. The van der Waals surface area contributed by atoms with Gasteiger partial charge in [-0.05, 0) is 31.5 Å². The number of nitrogens with two attached hydrogens (primary N) is 1. The Balaban J connectivity index is 1.95. The third kappa shape index (κ3) is 4.56. The van der Waals surface area contributed by atoms with Crippen LogP contribution in [0.3, 0.4) is 0 Å². The molecule has 0 saturated carbocycles. The third-order valence-corrected chi connectivity index (χ3v) is 4.76. The number of nitrogens with zero attached hydrogens (tertiary/aromatic N) is 2. The molecular formula is C22H27N5O2. The van der Waals surface area contributed by atoms with E-state index in [4.69, 9.17) is 10.5 Å². The number of ether oxygens (including phenoxy) is 1. The first-order valence-corrected chi connectivity index (χ1v) is 9.79. The summed E-state index contributed by atoms with van der Waals surface area (Å²) in [6.07, 6.45) is 2.04. The molecule has 1 heterocycles. The van der Waals surface area contributed by atoms with Crippen LogP contribution in [0.4, 0.5) is 11.8 Å². The maximum Gasteiger partial charge on any atom is 0.252 e. The van der Waals surface area contributed by atoms with Gasteiger partial charge in [-0.15, -0.1) is 0 Å². The zero-order valence-corrected chi connectivity index (χ0v) is 17.0. The molecule has 1 amide bonds. The number of methoxy groups -OCH3 is 1. The van der Waals surface area contributed by atoms with Crippen LogP contribution in [0.5, 0.6) is 5.75 Å². The number of hydrogen-bond donors (Lipinski definition) is 3. The number of nitrogens with one attached hydrogen (secondary N) is 2. The van der Waals surface area contributed by atoms with E-state index in [9.17, 15) is 4.79 Å². The second-order valence-corrected chi connectivity index (χ2v) is 6.85. The van der Waals surface area contributed by atoms with Crippen molar-refractivity contribution in [3.05, 3.63) is 53.6 Å². The molecule has 7 nitrogen and oxygen atoms in total. The lowest BCUT2D eigenvalue weighted by molar-refractivity contribution is 0.0941. The van der Waals surface area contributed by atoms with E-state index >= 15 is 0 Å². The first kappa shape index (κ1) is 20.4. The van der Waals surface area contributed by atoms with E-state index in [0.29, 0.717) is 22.3 Å². The van der Waals surface area contributed by atoms with Gasteiger partial charge in [-0.1, -0.05) is 37.6 Å². The van der Waals surface area contributed by atoms with Gasteiger partial charge in [0.25, 0.3) is 5.91 Å². The molecule has 1 atom stereocenters. The Morgan fingerprint density at radius 2 is 1.97 bits per heavy atom. The summed E-state index contributed by atoms with van der Waals surface area (Å²) in [4.78, 5) is 21.8. The molecule has 0 spiro atoms. The molecule has 3 aromatic rings. The number of benzene rings is 2. The summed E-state index contributed by atoms with van der Waals surface area (Å²) < 4.78 is 5.42. The van der Waals surface area contributed by atoms with E-state index in [0.717, 1.165) is 30.7 Å². The van der Waals surface area contributed by atoms with E-state index in [1.165, 1.54) is 0 Å². The number of carbonyl (C=O) groups excluding carboxylic acids is 1. The Labute approximate surface area is 170 Å². The molecule has 7 heteroatoms. The molecule has 4 N–H and O–H groups in total. The monoisotopic (exact) mass is 393 g/mol. The highest BCUT2D eigenvalue weighted by molar-refractivity contribution is 6.10. The first-order chi connectivity index (χ1) is 14.0. The largest absolute Gasteiger partial charge is 0.496 e. The Hall–Kier alpha value is -3.35. The molecule has 1 aromatic heterocycles. The van der Waals surface area contributed by atoms with Crippen LogP contribution in [0, 0.1) is 0 Å². The summed E-state index contributed by atoms with van der Waals surface area (Å²) in [6.45, 7) is 4.79. The summed E-state index contributed by atoms with van der Waals surface area (Å²) in [7, 11) is 1.62. The first-order valence-electron chi connectivity index (χ1n) is 9.79. The van der Waals surface area contributed by atoms with Crippen LogP contribution in [0.1, 0.15) is 48.7 Å². The summed E-state index contributed by atoms with van der Waals surface area (Å²) in [5, 5.41) is 7.02. The van der Waals surface area contributed by atoms with Crippen LogP contribution in [-0.2, 0) is 0 Å². The quantitative estimate of drug-likeness (QED) is 0.501. The zero-order valence-electron chi connectivity index (χ0n) is 17.0. The maximum atomic E-state index is 13.1. The lowest BCUT2D eigenvalue weighted by Gasteiger charge is -2.18. The number of amides is 1. The van der Waals surface area contributed by atoms with E-state index in [1.807, 2.05) is 37.3 Å². The lowest BCUT2D eigenvalue weighted by Crippen LogP contribution is -2.27. The predicted molar refractivity (Wildman–Crippen MR) is 116 cm³/mol. The zero-order chi connectivity index (χ0) is 20.8. The minimum Gasteiger partial charge on any atom is -0.496 e. The summed E-state index contributed by atoms with van der Waals surface area (Å²) in [6, 6.07) is 12.8. The number of aromatic nitrogens is 2. The van der Waals surface area contributed by atoms with Gasteiger partial charge in [0.2, 0.25) is 5.95 Å². The van der Waals surface area contributed by atoms with Crippen molar-refractivity contribution in [1.82, 2.24) is 15.3 Å². The van der Waals surface area contributed by atoms with Crippen molar-refractivity contribution in [2.24, 2.45) is 0 Å². The SMILES string of the molecule is CCCCNc1nc(N)nc2cccc(C(=O)N[C@@H](C)c3ccccc3OC)c12. The lowest BCUT2D eigenvalue weighted by atomic mass is 10.0. The minimum absolute atomic E-state index is 0.177. The van der Waals surface area contributed by atoms with E-state index < -0.39 is 0 Å². The molecule has 2 aromatic carbocycles. The number of rotatable bonds is 8. The van der Waals surface area contributed by atoms with Crippen molar-refractivity contribution in [2.75, 3.05) is 24.7 Å². The van der Waals surface area contributed by atoms with Crippen LogP contribution in [0.25, 0.3) is 10.9 Å². The van der Waals surface area contributed by atoms with Gasteiger partial charge in [-0.3, -0.25) is 4.79 Å². The van der Waals surface area contributed by atoms with Crippen molar-refractivity contribution in [3.8, 4) is 5.75 Å². The van der Waals surface area contributed by atoms with Crippen molar-refractivity contribution in [1.29, 1.82) is 0 Å². The number of hydrogen-bond acceptors (Lipinski definition) is 6. The van der Waals surface area contributed by atoms with Gasteiger partial charge in [0, 0.05) is 12.1 Å². The van der Waals surface area contributed by atoms with Crippen LogP contribution < -0.4 is 21.1 Å². The number of fused-ring (bicyclic) bond motifs is 1. The van der Waals surface area contributed by atoms with Crippen LogP contribution in [0.15, 0.2) is 42.5 Å². The Bertz CT molecular complexity index is 1010. The molecule has 0 aliphatic heterocycles. The van der Waals surface area contributed by atoms with Crippen LogP contribution in [0.2, 0.25) is 0 Å². The number of carbonyl (C=O) groups is 1. The summed E-state index contributed by atoms with van der Waals surface area (Å²) in [5.74, 6) is 1.28. The van der Waals surface area contributed by atoms with Gasteiger partial charge in [-0.2, -0.15) is 4.98 Å². The topological polar surface area (TPSA) is 102 Å². The van der Waals surface area contributed by atoms with Gasteiger partial charge < -0.3 is 21.1 Å². The van der Waals surface area contributed by atoms with Crippen molar-refractivity contribution >= 4 is 28.6 Å². The number of anilines is 2. The Morgan fingerprint density at radius 3 is 2.72 bits per heavy atom. The predicted octanol–water partition coefficient (Wildman–Crippen LogP) is 3.92. The van der Waals surface area contributed by atoms with Gasteiger partial charge in [0.15, 0.2) is 0 Å². The van der Waals surface area contributed by atoms with Crippen LogP contribution >= 0.6 is 0 Å². The fourth-order valence-electron chi connectivity index (χ4n) is 3.28. The average molecular weight is 393 g/mol. The molecule has 0 aliphatic rings. The highest BCUT2D eigenvalue weighted by Gasteiger charge is 2.19. The fourth-order valence-corrected chi connectivity index (χ4v) is 3.28. The highest BCUT2D eigenvalue weighted by atomic mass is 16.5. The Kier molecular flexibility index (Phi) is 6.49. The van der Waals surface area contributed by atoms with E-state index in [-0.39, 0.29) is 17.9 Å². The molecule has 0 radical (unpaired) electrons. The molecule has 3 rings (SSSR count). The molecule has 0 fully saturated rings. The average Bonchev–Trinajstić information content (AvgIpc) is 2.73. The summed E-state index contributed by atoms with van der Waals surface area (Å²) in [5.41, 5.74) is 7.91. The molecule has 0 bridgehead atoms. The molecular weight excluding hydrogens is 366 g/mol. The molecule has 29 heavy (non-hydrogen) atoms. The Morgan fingerprint density at radius 1 is 1.17 bits per heavy atom. The standard InChI is InChI=1S/C22H27N5O2/c1-4-5-13-24-20-19-16(10-8-11-17(19)26-22(23)27-20)21(28)25-14(2)15-9-6-7-12-18(15)29-3/h6-12,14H,4-5,13H2,1-3H3,(H,25,28)(H3,23,24,26,27)/t14-/m0/s1. The van der Waals surface area contributed by atoms with Gasteiger partial charge in [0.1, 0.15) is 11.6 Å². The van der Waals surface area contributed by atoms with Crippen molar-refractivity contribution < 1.29 is 9.53 Å².